The van der Waals surface area contributed by atoms with Crippen LogP contribution < -0.4 is 51.4 Å². The molecule has 0 aliphatic rings. The standard InChI is InChI=1S/C10H8O3S.CH2O.K.H/c11-14(12,13)10-7-3-5-8-4-1-2-6-9(8)10;1-2;;/h1-7H,(H,11,12,13);1H2;;/q;;+1;-1. The fraction of sp³-hybridized carbons (Fsp3) is 0. The van der Waals surface area contributed by atoms with Gasteiger partial charge in [-0.2, -0.15) is 8.42 Å². The van der Waals surface area contributed by atoms with Crippen molar-refractivity contribution < 1.29 is 70.6 Å². The summed E-state index contributed by atoms with van der Waals surface area (Å²) in [5, 5.41) is 1.33. The van der Waals surface area contributed by atoms with E-state index in [9.17, 15) is 8.42 Å². The average Bonchev–Trinajstić information content (AvgIpc) is 2.30. The molecule has 2 aromatic carbocycles. The maximum Gasteiger partial charge on any atom is 1.00 e. The smallest absolute Gasteiger partial charge is 1.00 e. The Morgan fingerprint density at radius 1 is 1.00 bits per heavy atom. The van der Waals surface area contributed by atoms with Crippen LogP contribution in [0.3, 0.4) is 0 Å². The van der Waals surface area contributed by atoms with E-state index < -0.39 is 10.1 Å². The van der Waals surface area contributed by atoms with Gasteiger partial charge in [0.05, 0.1) is 0 Å². The van der Waals surface area contributed by atoms with Gasteiger partial charge in [-0.25, -0.2) is 0 Å². The SMILES string of the molecule is C=O.O=S(=O)(O)c1cccc2ccccc12.[H-].[K+]. The van der Waals surface area contributed by atoms with Gasteiger partial charge in [0.1, 0.15) is 11.7 Å². The molecule has 17 heavy (non-hydrogen) atoms. The van der Waals surface area contributed by atoms with Gasteiger partial charge in [-0.05, 0) is 11.5 Å². The van der Waals surface area contributed by atoms with Crippen molar-refractivity contribution in [3.05, 3.63) is 42.5 Å². The summed E-state index contributed by atoms with van der Waals surface area (Å²) < 4.78 is 31.0. The summed E-state index contributed by atoms with van der Waals surface area (Å²) >= 11 is 0. The Morgan fingerprint density at radius 2 is 1.53 bits per heavy atom. The molecule has 0 saturated carbocycles. The summed E-state index contributed by atoms with van der Waals surface area (Å²) in [6.45, 7) is 2.00. The Bertz CT molecular complexity index is 596. The van der Waals surface area contributed by atoms with Crippen molar-refractivity contribution in [2.24, 2.45) is 0 Å². The number of fused-ring (bicyclic) bond motifs is 1. The first-order chi connectivity index (χ1) is 7.59. The molecule has 6 heteroatoms. The van der Waals surface area contributed by atoms with E-state index in [2.05, 4.69) is 0 Å². The van der Waals surface area contributed by atoms with Gasteiger partial charge in [0.15, 0.2) is 0 Å². The number of hydrogen-bond donors (Lipinski definition) is 1. The molecule has 0 saturated heterocycles. The van der Waals surface area contributed by atoms with Crippen molar-refractivity contribution in [3.8, 4) is 0 Å². The van der Waals surface area contributed by atoms with Crippen LogP contribution >= 0.6 is 0 Å². The molecule has 1 N–H and O–H groups in total. The fourth-order valence-corrected chi connectivity index (χ4v) is 2.13. The summed E-state index contributed by atoms with van der Waals surface area (Å²) in [6, 6.07) is 11.8. The Kier molecular flexibility index (Phi) is 7.34. The Morgan fingerprint density at radius 3 is 2.12 bits per heavy atom. The summed E-state index contributed by atoms with van der Waals surface area (Å²) in [5.74, 6) is 0. The molecule has 0 aliphatic heterocycles. The first kappa shape index (κ1) is 16.9. The quantitative estimate of drug-likeness (QED) is 0.537. The van der Waals surface area contributed by atoms with E-state index >= 15 is 0 Å². The predicted octanol–water partition coefficient (Wildman–Crippen LogP) is -0.982. The molecule has 0 unspecified atom stereocenters. The second-order valence-corrected chi connectivity index (χ2v) is 4.34. The van der Waals surface area contributed by atoms with Crippen LogP contribution in [0.2, 0.25) is 0 Å². The van der Waals surface area contributed by atoms with Crippen LogP contribution in [-0.4, -0.2) is 19.8 Å². The molecule has 0 spiro atoms. The first-order valence-electron chi connectivity index (χ1n) is 4.33. The average molecular weight is 278 g/mol. The number of carbonyl (C=O) groups excluding carboxylic acids is 1. The molecule has 0 radical (unpaired) electrons. The maximum atomic E-state index is 11.0. The molecular weight excluding hydrogens is 267 g/mol. The third kappa shape index (κ3) is 4.25. The van der Waals surface area contributed by atoms with Crippen molar-refractivity contribution >= 4 is 27.7 Å². The van der Waals surface area contributed by atoms with Crippen LogP contribution in [0.15, 0.2) is 47.4 Å². The van der Waals surface area contributed by atoms with Crippen LogP contribution in [0, 0.1) is 0 Å². The van der Waals surface area contributed by atoms with Gasteiger partial charge >= 0.3 is 51.4 Å². The molecule has 0 atom stereocenters. The minimum atomic E-state index is -4.13. The third-order valence-corrected chi connectivity index (χ3v) is 2.94. The van der Waals surface area contributed by atoms with Gasteiger partial charge in [0.25, 0.3) is 10.1 Å². The predicted molar refractivity (Wildman–Crippen MR) is 62.0 cm³/mol. The topological polar surface area (TPSA) is 71.4 Å². The number of hydrogen-bond acceptors (Lipinski definition) is 3. The summed E-state index contributed by atoms with van der Waals surface area (Å²) in [6.07, 6.45) is 0. The monoisotopic (exact) mass is 278 g/mol. The van der Waals surface area contributed by atoms with E-state index in [1.54, 1.807) is 30.3 Å². The van der Waals surface area contributed by atoms with Crippen LogP contribution in [-0.2, 0) is 14.9 Å². The molecule has 86 valence electrons. The Balaban J connectivity index is 0. The van der Waals surface area contributed by atoms with Crippen molar-refractivity contribution in [2.45, 2.75) is 4.90 Å². The van der Waals surface area contributed by atoms with Crippen molar-refractivity contribution in [1.82, 2.24) is 0 Å². The Hall–Kier alpha value is -0.0836. The molecule has 0 aromatic heterocycles. The molecule has 4 nitrogen and oxygen atoms in total. The van der Waals surface area contributed by atoms with Gasteiger partial charge in [0, 0.05) is 5.39 Å². The molecule has 0 heterocycles. The zero-order valence-electron chi connectivity index (χ0n) is 10.3. The summed E-state index contributed by atoms with van der Waals surface area (Å²) in [4.78, 5) is 7.95. The van der Waals surface area contributed by atoms with E-state index in [1.165, 1.54) is 6.07 Å². The Labute approximate surface area is 144 Å². The van der Waals surface area contributed by atoms with Crippen molar-refractivity contribution in [1.29, 1.82) is 0 Å². The first-order valence-corrected chi connectivity index (χ1v) is 5.77. The van der Waals surface area contributed by atoms with Gasteiger partial charge in [-0.15, -0.1) is 0 Å². The van der Waals surface area contributed by atoms with Crippen molar-refractivity contribution in [2.75, 3.05) is 0 Å². The van der Waals surface area contributed by atoms with Gasteiger partial charge in [-0.1, -0.05) is 36.4 Å². The van der Waals surface area contributed by atoms with E-state index in [0.29, 0.717) is 5.39 Å². The number of carbonyl (C=O) groups is 1. The van der Waals surface area contributed by atoms with E-state index in [4.69, 9.17) is 9.35 Å². The van der Waals surface area contributed by atoms with E-state index in [0.717, 1.165) is 5.39 Å². The molecule has 2 rings (SSSR count). The number of rotatable bonds is 1. The molecule has 0 amide bonds. The molecule has 0 fully saturated rings. The number of benzene rings is 2. The zero-order valence-corrected chi connectivity index (χ0v) is 13.3. The van der Waals surface area contributed by atoms with Crippen LogP contribution in [0.4, 0.5) is 0 Å². The third-order valence-electron chi connectivity index (χ3n) is 2.03. The second kappa shape index (κ2) is 7.37. The van der Waals surface area contributed by atoms with Crippen molar-refractivity contribution in [3.63, 3.8) is 0 Å². The minimum absolute atomic E-state index is 0. The minimum Gasteiger partial charge on any atom is -1.00 e. The zero-order chi connectivity index (χ0) is 12.2. The van der Waals surface area contributed by atoms with Crippen LogP contribution in [0.5, 0.6) is 0 Å². The maximum absolute atomic E-state index is 11.0. The van der Waals surface area contributed by atoms with Crippen LogP contribution in [0.25, 0.3) is 10.8 Å². The second-order valence-electron chi connectivity index (χ2n) is 2.95. The largest absolute Gasteiger partial charge is 1.00 e. The van der Waals surface area contributed by atoms with Gasteiger partial charge in [0.2, 0.25) is 0 Å². The molecule has 0 aliphatic carbocycles. The van der Waals surface area contributed by atoms with Gasteiger partial charge < -0.3 is 6.22 Å². The summed E-state index contributed by atoms with van der Waals surface area (Å²) in [7, 11) is -4.13. The normalized spacial score (nSPS) is 9.94. The molecular formula is C11H11KO4S. The van der Waals surface area contributed by atoms with E-state index in [1.807, 2.05) is 12.9 Å². The van der Waals surface area contributed by atoms with E-state index in [-0.39, 0.29) is 57.7 Å². The molecule has 0 bridgehead atoms. The van der Waals surface area contributed by atoms with Crippen LogP contribution in [0.1, 0.15) is 1.43 Å². The molecule has 2 aromatic rings. The fourth-order valence-electron chi connectivity index (χ4n) is 1.42. The summed E-state index contributed by atoms with van der Waals surface area (Å²) in [5.41, 5.74) is 0. The van der Waals surface area contributed by atoms with Gasteiger partial charge in [-0.3, -0.25) is 4.55 Å².